The number of fused-ring (bicyclic) bond motifs is 1. The Morgan fingerprint density at radius 2 is 2.04 bits per heavy atom. The Morgan fingerprint density at radius 3 is 2.70 bits per heavy atom. The first-order valence-electron chi connectivity index (χ1n) is 9.19. The second-order valence-electron chi connectivity index (χ2n) is 8.49. The molecule has 0 aromatic carbocycles. The SMILES string of the molecule is C=C[C@H]1O[C@@](C)(CCCO)[C@@]23O[C@@]12[C@@H](C)[C@@H]1CC[C@H](C)[C@@H]1[C@@H]3O. The summed E-state index contributed by atoms with van der Waals surface area (Å²) in [5.74, 6) is 1.68. The number of hydrogen-bond acceptors (Lipinski definition) is 4. The molecule has 2 N–H and O–H groups in total. The van der Waals surface area contributed by atoms with E-state index in [0.717, 1.165) is 0 Å². The Kier molecular flexibility index (Phi) is 3.36. The highest BCUT2D eigenvalue weighted by Crippen LogP contribution is 2.76. The van der Waals surface area contributed by atoms with E-state index < -0.39 is 22.9 Å². The molecule has 2 aliphatic heterocycles. The van der Waals surface area contributed by atoms with E-state index >= 15 is 0 Å². The number of epoxide rings is 1. The molecule has 2 saturated heterocycles. The van der Waals surface area contributed by atoms with Crippen LogP contribution in [0.15, 0.2) is 12.7 Å². The van der Waals surface area contributed by atoms with Crippen molar-refractivity contribution < 1.29 is 19.7 Å². The third-order valence-electron chi connectivity index (χ3n) is 7.70. The Balaban J connectivity index is 1.79. The molecule has 0 bridgehead atoms. The molecule has 0 unspecified atom stereocenters. The minimum Gasteiger partial charge on any atom is -0.396 e. The average molecular weight is 322 g/mol. The molecule has 9 atom stereocenters. The van der Waals surface area contributed by atoms with E-state index in [-0.39, 0.29) is 12.7 Å². The predicted molar refractivity (Wildman–Crippen MR) is 86.9 cm³/mol. The van der Waals surface area contributed by atoms with Gasteiger partial charge in [0.1, 0.15) is 17.3 Å². The number of aliphatic hydroxyl groups excluding tert-OH is 2. The summed E-state index contributed by atoms with van der Waals surface area (Å²) >= 11 is 0. The molecule has 4 aliphatic rings. The van der Waals surface area contributed by atoms with Crippen molar-refractivity contribution in [1.82, 2.24) is 0 Å². The first-order chi connectivity index (χ1) is 10.9. The fourth-order valence-electron chi connectivity index (χ4n) is 6.65. The molecule has 4 heteroatoms. The lowest BCUT2D eigenvalue weighted by atomic mass is 9.56. The van der Waals surface area contributed by atoms with Crippen LogP contribution in [0.4, 0.5) is 0 Å². The van der Waals surface area contributed by atoms with E-state index in [2.05, 4.69) is 27.4 Å². The van der Waals surface area contributed by atoms with Crippen molar-refractivity contribution in [3.8, 4) is 0 Å². The fraction of sp³-hybridized carbons (Fsp3) is 0.895. The van der Waals surface area contributed by atoms with Crippen molar-refractivity contribution in [2.24, 2.45) is 23.7 Å². The van der Waals surface area contributed by atoms with Crippen molar-refractivity contribution in [2.75, 3.05) is 6.61 Å². The number of ether oxygens (including phenoxy) is 2. The molecule has 0 aromatic rings. The molecular weight excluding hydrogens is 292 g/mol. The van der Waals surface area contributed by atoms with E-state index in [1.54, 1.807) is 0 Å². The van der Waals surface area contributed by atoms with Gasteiger partial charge in [0.25, 0.3) is 0 Å². The quantitative estimate of drug-likeness (QED) is 0.616. The van der Waals surface area contributed by atoms with Gasteiger partial charge >= 0.3 is 0 Å². The summed E-state index contributed by atoms with van der Waals surface area (Å²) in [6.45, 7) is 10.7. The van der Waals surface area contributed by atoms with Gasteiger partial charge in [-0.05, 0) is 49.9 Å². The van der Waals surface area contributed by atoms with E-state index in [0.29, 0.717) is 36.5 Å². The van der Waals surface area contributed by atoms with Crippen LogP contribution in [0.5, 0.6) is 0 Å². The number of aliphatic hydroxyl groups is 2. The zero-order valence-corrected chi connectivity index (χ0v) is 14.5. The maximum absolute atomic E-state index is 11.4. The lowest BCUT2D eigenvalue weighted by Gasteiger charge is -2.44. The molecule has 2 aliphatic carbocycles. The van der Waals surface area contributed by atoms with Gasteiger partial charge in [0.05, 0.1) is 6.10 Å². The maximum Gasteiger partial charge on any atom is 0.156 e. The van der Waals surface area contributed by atoms with Crippen molar-refractivity contribution in [1.29, 1.82) is 0 Å². The average Bonchev–Trinajstić information content (AvgIpc) is 3.06. The molecule has 0 amide bonds. The summed E-state index contributed by atoms with van der Waals surface area (Å²) in [4.78, 5) is 0. The normalized spacial score (nSPS) is 60.0. The van der Waals surface area contributed by atoms with Crippen molar-refractivity contribution in [3.05, 3.63) is 12.7 Å². The monoisotopic (exact) mass is 322 g/mol. The van der Waals surface area contributed by atoms with Crippen LogP contribution in [-0.2, 0) is 9.47 Å². The maximum atomic E-state index is 11.4. The van der Waals surface area contributed by atoms with Gasteiger partial charge in [0.2, 0.25) is 0 Å². The van der Waals surface area contributed by atoms with E-state index in [1.807, 2.05) is 6.08 Å². The van der Waals surface area contributed by atoms with E-state index in [1.165, 1.54) is 12.8 Å². The molecule has 0 spiro atoms. The topological polar surface area (TPSA) is 62.2 Å². The molecular formula is C19H30O4. The van der Waals surface area contributed by atoms with Gasteiger partial charge in [-0.3, -0.25) is 0 Å². The zero-order valence-electron chi connectivity index (χ0n) is 14.5. The molecule has 2 heterocycles. The highest BCUT2D eigenvalue weighted by atomic mass is 16.7. The molecule has 4 nitrogen and oxygen atoms in total. The summed E-state index contributed by atoms with van der Waals surface area (Å²) in [6, 6.07) is 0. The third-order valence-corrected chi connectivity index (χ3v) is 7.70. The second-order valence-corrected chi connectivity index (χ2v) is 8.49. The summed E-state index contributed by atoms with van der Waals surface area (Å²) in [5.41, 5.74) is -1.62. The third kappa shape index (κ3) is 1.57. The van der Waals surface area contributed by atoms with Crippen molar-refractivity contribution in [3.63, 3.8) is 0 Å². The Labute approximate surface area is 138 Å². The van der Waals surface area contributed by atoms with Gasteiger partial charge in [0.15, 0.2) is 5.60 Å². The summed E-state index contributed by atoms with van der Waals surface area (Å²) in [5, 5.41) is 20.7. The second kappa shape index (κ2) is 4.81. The van der Waals surface area contributed by atoms with Gasteiger partial charge in [-0.1, -0.05) is 26.3 Å². The first kappa shape index (κ1) is 16.1. The Hall–Kier alpha value is -0.420. The van der Waals surface area contributed by atoms with Gasteiger partial charge in [-0.15, -0.1) is 6.58 Å². The van der Waals surface area contributed by atoms with Crippen LogP contribution in [0, 0.1) is 23.7 Å². The summed E-state index contributed by atoms with van der Waals surface area (Å²) in [7, 11) is 0. The largest absolute Gasteiger partial charge is 0.396 e. The van der Waals surface area contributed by atoms with E-state index in [9.17, 15) is 10.2 Å². The Bertz CT molecular complexity index is 521. The fourth-order valence-corrected chi connectivity index (χ4v) is 6.65. The molecule has 23 heavy (non-hydrogen) atoms. The van der Waals surface area contributed by atoms with Crippen LogP contribution in [0.1, 0.15) is 46.5 Å². The highest BCUT2D eigenvalue weighted by molar-refractivity contribution is 5.41. The van der Waals surface area contributed by atoms with Crippen molar-refractivity contribution >= 4 is 0 Å². The minimum absolute atomic E-state index is 0.134. The lowest BCUT2D eigenvalue weighted by Crippen LogP contribution is -2.60. The summed E-state index contributed by atoms with van der Waals surface area (Å²) in [6.07, 6.45) is 4.91. The Morgan fingerprint density at radius 1 is 1.30 bits per heavy atom. The van der Waals surface area contributed by atoms with Crippen LogP contribution in [0.2, 0.25) is 0 Å². The molecule has 4 rings (SSSR count). The van der Waals surface area contributed by atoms with Crippen LogP contribution >= 0.6 is 0 Å². The van der Waals surface area contributed by atoms with Gasteiger partial charge in [-0.25, -0.2) is 0 Å². The molecule has 2 saturated carbocycles. The zero-order chi connectivity index (χ0) is 16.6. The molecule has 130 valence electrons. The predicted octanol–water partition coefficient (Wildman–Crippen LogP) is 2.28. The smallest absolute Gasteiger partial charge is 0.156 e. The standard InChI is InChI=1S/C19H30O4/c1-5-14-18-12(3)13-8-7-11(2)15(13)16(21)19(18,23-18)17(4,22-14)9-6-10-20/h5,11-16,20-21H,1,6-10H2,2-4H3/t11-,12-,13-,14+,15-,16-,17-,18-,19+/m0/s1. The van der Waals surface area contributed by atoms with Crippen LogP contribution < -0.4 is 0 Å². The van der Waals surface area contributed by atoms with Crippen LogP contribution in [-0.4, -0.2) is 45.8 Å². The van der Waals surface area contributed by atoms with Gasteiger partial charge < -0.3 is 19.7 Å². The van der Waals surface area contributed by atoms with Gasteiger partial charge in [0, 0.05) is 6.61 Å². The first-order valence-corrected chi connectivity index (χ1v) is 9.19. The van der Waals surface area contributed by atoms with Crippen LogP contribution in [0.25, 0.3) is 0 Å². The molecule has 0 aromatic heterocycles. The lowest BCUT2D eigenvalue weighted by molar-refractivity contribution is -0.146. The number of rotatable bonds is 4. The van der Waals surface area contributed by atoms with Crippen LogP contribution in [0.3, 0.4) is 0 Å². The van der Waals surface area contributed by atoms with Gasteiger partial charge in [-0.2, -0.15) is 0 Å². The van der Waals surface area contributed by atoms with E-state index in [4.69, 9.17) is 9.47 Å². The van der Waals surface area contributed by atoms with Crippen molar-refractivity contribution in [2.45, 2.75) is 75.5 Å². The minimum atomic E-state index is -0.632. The highest BCUT2D eigenvalue weighted by Gasteiger charge is 2.92. The number of hydrogen-bond donors (Lipinski definition) is 2. The molecule has 0 radical (unpaired) electrons. The summed E-state index contributed by atoms with van der Waals surface area (Å²) < 4.78 is 12.9. The molecule has 4 fully saturated rings.